The van der Waals surface area contributed by atoms with E-state index in [2.05, 4.69) is 26.9 Å². The van der Waals surface area contributed by atoms with E-state index in [4.69, 9.17) is 9.47 Å². The number of ether oxygens (including phenoxy) is 2. The van der Waals surface area contributed by atoms with Crippen molar-refractivity contribution in [3.05, 3.63) is 28.2 Å². The van der Waals surface area contributed by atoms with Crippen molar-refractivity contribution < 1.29 is 14.6 Å². The molecule has 1 saturated heterocycles. The van der Waals surface area contributed by atoms with Crippen LogP contribution < -0.4 is 4.74 Å². The predicted molar refractivity (Wildman–Crippen MR) is 82.1 cm³/mol. The summed E-state index contributed by atoms with van der Waals surface area (Å²) >= 11 is 3.52. The molecule has 1 aromatic rings. The number of rotatable bonds is 6. The zero-order valence-corrected chi connectivity index (χ0v) is 13.6. The van der Waals surface area contributed by atoms with E-state index in [-0.39, 0.29) is 0 Å². The fourth-order valence-electron chi connectivity index (χ4n) is 2.88. The highest BCUT2D eigenvalue weighted by Crippen LogP contribution is 2.38. The molecule has 0 saturated carbocycles. The number of halogens is 1. The Morgan fingerprint density at radius 2 is 2.25 bits per heavy atom. The van der Waals surface area contributed by atoms with Crippen LogP contribution >= 0.6 is 15.9 Å². The van der Waals surface area contributed by atoms with Crippen LogP contribution in [0.3, 0.4) is 0 Å². The van der Waals surface area contributed by atoms with Crippen LogP contribution in [0.1, 0.15) is 24.4 Å². The van der Waals surface area contributed by atoms with E-state index in [9.17, 15) is 5.11 Å². The van der Waals surface area contributed by atoms with Gasteiger partial charge in [-0.15, -0.1) is 0 Å². The maximum Gasteiger partial charge on any atom is 0.123 e. The monoisotopic (exact) mass is 343 g/mol. The Hall–Kier alpha value is -0.620. The van der Waals surface area contributed by atoms with Gasteiger partial charge < -0.3 is 14.6 Å². The van der Waals surface area contributed by atoms with Crippen LogP contribution in [-0.4, -0.2) is 50.0 Å². The number of hydrogen-bond donors (Lipinski definition) is 1. The maximum atomic E-state index is 9.95. The van der Waals surface area contributed by atoms with Crippen LogP contribution in [-0.2, 0) is 4.74 Å². The van der Waals surface area contributed by atoms with Crippen molar-refractivity contribution in [1.82, 2.24) is 4.90 Å². The Morgan fingerprint density at radius 1 is 1.45 bits per heavy atom. The molecular weight excluding hydrogens is 322 g/mol. The molecule has 0 amide bonds. The third kappa shape index (κ3) is 3.73. The fourth-order valence-corrected chi connectivity index (χ4v) is 3.26. The summed E-state index contributed by atoms with van der Waals surface area (Å²) in [5.74, 6) is 0.909. The van der Waals surface area contributed by atoms with E-state index in [0.717, 1.165) is 29.6 Å². The Bertz CT molecular complexity index is 441. The lowest BCUT2D eigenvalue weighted by Crippen LogP contribution is -2.34. The highest BCUT2D eigenvalue weighted by molar-refractivity contribution is 9.10. The molecule has 0 spiro atoms. The number of β-amino-alcohol motifs (C(OH)–C–C–N with tert-alkyl or cyclic N) is 1. The highest BCUT2D eigenvalue weighted by Gasteiger charge is 2.29. The zero-order valence-electron chi connectivity index (χ0n) is 12.0. The first-order chi connectivity index (χ1) is 9.65. The first kappa shape index (κ1) is 15.8. The SMILES string of the molecule is COC[C@H](O)CN1CCCC1c1cc(Br)ccc1OC. The first-order valence-electron chi connectivity index (χ1n) is 6.90. The van der Waals surface area contributed by atoms with E-state index in [1.807, 2.05) is 12.1 Å². The van der Waals surface area contributed by atoms with Gasteiger partial charge >= 0.3 is 0 Å². The van der Waals surface area contributed by atoms with Crippen molar-refractivity contribution in [2.45, 2.75) is 25.0 Å². The van der Waals surface area contributed by atoms with Gasteiger partial charge in [0.25, 0.3) is 0 Å². The Balaban J connectivity index is 2.16. The molecule has 1 fully saturated rings. The van der Waals surface area contributed by atoms with Gasteiger partial charge in [-0.05, 0) is 37.6 Å². The molecule has 0 aromatic heterocycles. The summed E-state index contributed by atoms with van der Waals surface area (Å²) in [6, 6.07) is 6.39. The van der Waals surface area contributed by atoms with E-state index in [0.29, 0.717) is 19.2 Å². The normalized spacial score (nSPS) is 21.1. The molecule has 112 valence electrons. The summed E-state index contributed by atoms with van der Waals surface area (Å²) in [5.41, 5.74) is 1.18. The molecule has 20 heavy (non-hydrogen) atoms. The summed E-state index contributed by atoms with van der Waals surface area (Å²) in [7, 11) is 3.31. The molecular formula is C15H22BrNO3. The first-order valence-corrected chi connectivity index (χ1v) is 7.69. The van der Waals surface area contributed by atoms with Crippen molar-refractivity contribution in [2.75, 3.05) is 33.9 Å². The minimum absolute atomic E-state index is 0.300. The molecule has 1 aromatic carbocycles. The van der Waals surface area contributed by atoms with Crippen LogP contribution in [0.25, 0.3) is 0 Å². The van der Waals surface area contributed by atoms with Crippen molar-refractivity contribution in [1.29, 1.82) is 0 Å². The van der Waals surface area contributed by atoms with E-state index in [1.165, 1.54) is 5.56 Å². The van der Waals surface area contributed by atoms with E-state index in [1.54, 1.807) is 14.2 Å². The van der Waals surface area contributed by atoms with Crippen molar-refractivity contribution >= 4 is 15.9 Å². The molecule has 2 rings (SSSR count). The molecule has 0 aliphatic carbocycles. The summed E-state index contributed by atoms with van der Waals surface area (Å²) in [4.78, 5) is 2.31. The van der Waals surface area contributed by atoms with Crippen LogP contribution in [0, 0.1) is 0 Å². The van der Waals surface area contributed by atoms with Gasteiger partial charge in [0.2, 0.25) is 0 Å². The number of aliphatic hydroxyl groups excluding tert-OH is 1. The van der Waals surface area contributed by atoms with Crippen LogP contribution in [0.2, 0.25) is 0 Å². The minimum Gasteiger partial charge on any atom is -0.496 e. The number of benzene rings is 1. The van der Waals surface area contributed by atoms with E-state index < -0.39 is 6.10 Å². The molecule has 0 radical (unpaired) electrons. The predicted octanol–water partition coefficient (Wildman–Crippen LogP) is 2.60. The third-order valence-electron chi connectivity index (χ3n) is 3.72. The van der Waals surface area contributed by atoms with Gasteiger partial charge in [0.1, 0.15) is 5.75 Å². The lowest BCUT2D eigenvalue weighted by atomic mass is 10.0. The van der Waals surface area contributed by atoms with Gasteiger partial charge in [-0.3, -0.25) is 4.90 Å². The van der Waals surface area contributed by atoms with Crippen LogP contribution in [0.5, 0.6) is 5.75 Å². The zero-order chi connectivity index (χ0) is 14.5. The molecule has 4 nitrogen and oxygen atoms in total. The van der Waals surface area contributed by atoms with Gasteiger partial charge in [-0.2, -0.15) is 0 Å². The molecule has 1 aliphatic heterocycles. The molecule has 1 unspecified atom stereocenters. The summed E-state index contributed by atoms with van der Waals surface area (Å²) in [6.07, 6.45) is 1.78. The number of likely N-dealkylation sites (tertiary alicyclic amines) is 1. The maximum absolute atomic E-state index is 9.95. The quantitative estimate of drug-likeness (QED) is 0.861. The molecule has 5 heteroatoms. The van der Waals surface area contributed by atoms with Crippen molar-refractivity contribution in [3.8, 4) is 5.75 Å². The van der Waals surface area contributed by atoms with Gasteiger partial charge in [0.15, 0.2) is 0 Å². The smallest absolute Gasteiger partial charge is 0.123 e. The summed E-state index contributed by atoms with van der Waals surface area (Å²) in [5, 5.41) is 9.95. The average Bonchev–Trinajstić information content (AvgIpc) is 2.86. The molecule has 1 heterocycles. The second kappa shape index (κ2) is 7.41. The number of methoxy groups -OCH3 is 2. The third-order valence-corrected chi connectivity index (χ3v) is 4.21. The Morgan fingerprint density at radius 3 is 2.95 bits per heavy atom. The number of hydrogen-bond acceptors (Lipinski definition) is 4. The van der Waals surface area contributed by atoms with E-state index >= 15 is 0 Å². The van der Waals surface area contributed by atoms with Gasteiger partial charge in [0.05, 0.1) is 19.8 Å². The van der Waals surface area contributed by atoms with Crippen LogP contribution in [0.15, 0.2) is 22.7 Å². The Labute approximate surface area is 128 Å². The van der Waals surface area contributed by atoms with Crippen molar-refractivity contribution in [3.63, 3.8) is 0 Å². The number of nitrogens with zero attached hydrogens (tertiary/aromatic N) is 1. The standard InChI is InChI=1S/C15H22BrNO3/c1-19-10-12(18)9-17-7-3-4-14(17)13-8-11(16)5-6-15(13)20-2/h5-6,8,12,14,18H,3-4,7,9-10H2,1-2H3/t12-,14?/m1/s1. The van der Waals surface area contributed by atoms with Gasteiger partial charge in [-0.1, -0.05) is 15.9 Å². The molecule has 2 atom stereocenters. The average molecular weight is 344 g/mol. The fraction of sp³-hybridized carbons (Fsp3) is 0.600. The lowest BCUT2D eigenvalue weighted by molar-refractivity contribution is 0.0344. The Kier molecular flexibility index (Phi) is 5.84. The van der Waals surface area contributed by atoms with Crippen LogP contribution in [0.4, 0.5) is 0 Å². The molecule has 1 N–H and O–H groups in total. The van der Waals surface area contributed by atoms with Gasteiger partial charge in [0, 0.05) is 29.7 Å². The largest absolute Gasteiger partial charge is 0.496 e. The summed E-state index contributed by atoms with van der Waals surface area (Å²) in [6.45, 7) is 2.01. The minimum atomic E-state index is -0.446. The lowest BCUT2D eigenvalue weighted by Gasteiger charge is -2.28. The second-order valence-electron chi connectivity index (χ2n) is 5.15. The molecule has 1 aliphatic rings. The van der Waals surface area contributed by atoms with Crippen molar-refractivity contribution in [2.24, 2.45) is 0 Å². The molecule has 0 bridgehead atoms. The van der Waals surface area contributed by atoms with Gasteiger partial charge in [-0.25, -0.2) is 0 Å². The second-order valence-corrected chi connectivity index (χ2v) is 6.06. The highest BCUT2D eigenvalue weighted by atomic mass is 79.9. The number of aliphatic hydroxyl groups is 1. The topological polar surface area (TPSA) is 41.9 Å². The summed E-state index contributed by atoms with van der Waals surface area (Å²) < 4.78 is 11.5.